The van der Waals surface area contributed by atoms with Crippen LogP contribution in [-0.4, -0.2) is 44.1 Å². The summed E-state index contributed by atoms with van der Waals surface area (Å²) in [5.41, 5.74) is 2.32. The van der Waals surface area contributed by atoms with Gasteiger partial charge in [-0.25, -0.2) is 4.98 Å². The first-order valence-electron chi connectivity index (χ1n) is 10.7. The van der Waals surface area contributed by atoms with E-state index in [1.165, 1.54) is 17.0 Å². The predicted octanol–water partition coefficient (Wildman–Crippen LogP) is 2.89. The lowest BCUT2D eigenvalue weighted by atomic mass is 9.83. The summed E-state index contributed by atoms with van der Waals surface area (Å²) in [4.78, 5) is 23.8. The zero-order valence-electron chi connectivity index (χ0n) is 17.7. The van der Waals surface area contributed by atoms with Crippen LogP contribution in [0.3, 0.4) is 0 Å². The molecule has 0 amide bonds. The lowest BCUT2D eigenvalue weighted by Gasteiger charge is -2.42. The highest BCUT2D eigenvalue weighted by molar-refractivity contribution is 7.09. The standard InChI is InChI=1S/C23H29N5OS/c1-25(15-20-4-3-9-30-20)13-18-5-6-21-19-10-17(12-28(21)23(18)29)11-27(14-19)16-22-24-7-8-26(22)2/h3-9,17,19H,10-16H2,1-2H3/t17-,19+/m0/s1. The highest BCUT2D eigenvalue weighted by Crippen LogP contribution is 2.35. The number of fused-ring (bicyclic) bond motifs is 4. The highest BCUT2D eigenvalue weighted by Gasteiger charge is 2.35. The SMILES string of the molecule is CN(Cc1cccs1)Cc1ccc2n(c1=O)C[C@H]1C[C@@H]2CN(Cc2nccn2C)C1. The Kier molecular flexibility index (Phi) is 5.35. The number of aryl methyl sites for hydroxylation is 1. The maximum absolute atomic E-state index is 13.3. The van der Waals surface area contributed by atoms with Crippen LogP contribution in [0.5, 0.6) is 0 Å². The van der Waals surface area contributed by atoms with Crippen LogP contribution in [0.4, 0.5) is 0 Å². The second kappa shape index (κ2) is 8.13. The Hall–Kier alpha value is -2.22. The number of hydrogen-bond donors (Lipinski definition) is 0. The van der Waals surface area contributed by atoms with Crippen LogP contribution in [0.2, 0.25) is 0 Å². The Balaban J connectivity index is 1.32. The summed E-state index contributed by atoms with van der Waals surface area (Å²) < 4.78 is 4.17. The van der Waals surface area contributed by atoms with Crippen molar-refractivity contribution >= 4 is 11.3 Å². The van der Waals surface area contributed by atoms with Gasteiger partial charge in [-0.3, -0.25) is 14.6 Å². The van der Waals surface area contributed by atoms with Gasteiger partial charge in [0.25, 0.3) is 5.56 Å². The van der Waals surface area contributed by atoms with Gasteiger partial charge in [0, 0.05) is 74.2 Å². The topological polar surface area (TPSA) is 46.3 Å². The molecule has 2 aliphatic rings. The second-order valence-electron chi connectivity index (χ2n) is 8.90. The van der Waals surface area contributed by atoms with Gasteiger partial charge in [0.15, 0.2) is 0 Å². The van der Waals surface area contributed by atoms with E-state index in [2.05, 4.69) is 67.7 Å². The summed E-state index contributed by atoms with van der Waals surface area (Å²) in [5.74, 6) is 2.08. The molecular weight excluding hydrogens is 394 g/mol. The molecule has 158 valence electrons. The molecule has 30 heavy (non-hydrogen) atoms. The average molecular weight is 424 g/mol. The molecular formula is C23H29N5OS. The number of rotatable bonds is 6. The van der Waals surface area contributed by atoms with Gasteiger partial charge in [-0.15, -0.1) is 11.3 Å². The largest absolute Gasteiger partial charge is 0.337 e. The summed E-state index contributed by atoms with van der Waals surface area (Å²) in [6.45, 7) is 5.33. The zero-order valence-corrected chi connectivity index (χ0v) is 18.5. The highest BCUT2D eigenvalue weighted by atomic mass is 32.1. The van der Waals surface area contributed by atoms with E-state index >= 15 is 0 Å². The van der Waals surface area contributed by atoms with Crippen molar-refractivity contribution in [3.63, 3.8) is 0 Å². The van der Waals surface area contributed by atoms with E-state index in [0.717, 1.165) is 44.1 Å². The number of likely N-dealkylation sites (tertiary alicyclic amines) is 1. The van der Waals surface area contributed by atoms with E-state index in [0.29, 0.717) is 18.4 Å². The molecule has 0 N–H and O–H groups in total. The van der Waals surface area contributed by atoms with Crippen molar-refractivity contribution in [1.29, 1.82) is 0 Å². The number of piperidine rings is 1. The van der Waals surface area contributed by atoms with Gasteiger partial charge >= 0.3 is 0 Å². The molecule has 2 atom stereocenters. The van der Waals surface area contributed by atoms with Crippen LogP contribution in [0.15, 0.2) is 46.8 Å². The van der Waals surface area contributed by atoms with Gasteiger partial charge in [0.1, 0.15) is 5.82 Å². The van der Waals surface area contributed by atoms with E-state index in [-0.39, 0.29) is 5.56 Å². The van der Waals surface area contributed by atoms with Crippen molar-refractivity contribution in [2.24, 2.45) is 13.0 Å². The van der Waals surface area contributed by atoms with E-state index in [9.17, 15) is 4.79 Å². The zero-order chi connectivity index (χ0) is 20.7. The Morgan fingerprint density at radius 1 is 1.20 bits per heavy atom. The molecule has 0 spiro atoms. The first-order valence-corrected chi connectivity index (χ1v) is 11.6. The molecule has 0 saturated carbocycles. The molecule has 3 aromatic heterocycles. The lowest BCUT2D eigenvalue weighted by molar-refractivity contribution is 0.111. The Morgan fingerprint density at radius 3 is 2.87 bits per heavy atom. The molecule has 1 fully saturated rings. The van der Waals surface area contributed by atoms with Gasteiger partial charge in [0.2, 0.25) is 0 Å². The first-order chi connectivity index (χ1) is 14.6. The second-order valence-corrected chi connectivity index (χ2v) is 9.93. The van der Waals surface area contributed by atoms with Crippen molar-refractivity contribution in [3.8, 4) is 0 Å². The van der Waals surface area contributed by atoms with Crippen molar-refractivity contribution in [2.75, 3.05) is 20.1 Å². The predicted molar refractivity (Wildman–Crippen MR) is 120 cm³/mol. The van der Waals surface area contributed by atoms with Crippen LogP contribution in [0.1, 0.15) is 34.3 Å². The fourth-order valence-corrected chi connectivity index (χ4v) is 5.89. The third-order valence-corrected chi connectivity index (χ3v) is 7.35. The maximum Gasteiger partial charge on any atom is 0.255 e. The van der Waals surface area contributed by atoms with Gasteiger partial charge in [-0.1, -0.05) is 12.1 Å². The molecule has 2 aliphatic heterocycles. The molecule has 2 bridgehead atoms. The fraction of sp³-hybridized carbons (Fsp3) is 0.478. The van der Waals surface area contributed by atoms with Gasteiger partial charge in [0.05, 0.1) is 6.54 Å². The monoisotopic (exact) mass is 423 g/mol. The van der Waals surface area contributed by atoms with Gasteiger partial charge < -0.3 is 9.13 Å². The van der Waals surface area contributed by atoms with Crippen LogP contribution in [-0.2, 0) is 33.2 Å². The quantitative estimate of drug-likeness (QED) is 0.612. The summed E-state index contributed by atoms with van der Waals surface area (Å²) in [6.07, 6.45) is 5.06. The number of thiophene rings is 1. The molecule has 6 nitrogen and oxygen atoms in total. The van der Waals surface area contributed by atoms with Crippen molar-refractivity contribution in [1.82, 2.24) is 23.9 Å². The van der Waals surface area contributed by atoms with E-state index < -0.39 is 0 Å². The minimum Gasteiger partial charge on any atom is -0.337 e. The van der Waals surface area contributed by atoms with E-state index in [1.54, 1.807) is 11.3 Å². The normalized spacial score (nSPS) is 21.2. The van der Waals surface area contributed by atoms with Crippen LogP contribution >= 0.6 is 11.3 Å². The first kappa shape index (κ1) is 19.7. The Morgan fingerprint density at radius 2 is 2.10 bits per heavy atom. The molecule has 3 aromatic rings. The molecule has 0 aromatic carbocycles. The number of hydrogen-bond acceptors (Lipinski definition) is 5. The molecule has 7 heteroatoms. The fourth-order valence-electron chi connectivity index (χ4n) is 5.10. The Labute approximate surface area is 181 Å². The third kappa shape index (κ3) is 3.89. The van der Waals surface area contributed by atoms with E-state index in [4.69, 9.17) is 0 Å². The molecule has 5 heterocycles. The number of aromatic nitrogens is 3. The third-order valence-electron chi connectivity index (χ3n) is 6.49. The molecule has 0 aliphatic carbocycles. The smallest absolute Gasteiger partial charge is 0.255 e. The molecule has 5 rings (SSSR count). The summed E-state index contributed by atoms with van der Waals surface area (Å²) in [5, 5.41) is 2.10. The van der Waals surface area contributed by atoms with Crippen molar-refractivity contribution in [2.45, 2.75) is 38.5 Å². The van der Waals surface area contributed by atoms with E-state index in [1.807, 2.05) is 12.4 Å². The average Bonchev–Trinajstić information content (AvgIpc) is 3.36. The number of nitrogens with zero attached hydrogens (tertiary/aromatic N) is 5. The molecule has 0 unspecified atom stereocenters. The lowest BCUT2D eigenvalue weighted by Crippen LogP contribution is -2.47. The van der Waals surface area contributed by atoms with Crippen LogP contribution in [0.25, 0.3) is 0 Å². The van der Waals surface area contributed by atoms with Crippen molar-refractivity contribution < 1.29 is 0 Å². The van der Waals surface area contributed by atoms with Crippen molar-refractivity contribution in [3.05, 3.63) is 74.4 Å². The summed E-state index contributed by atoms with van der Waals surface area (Å²) in [7, 11) is 4.15. The maximum atomic E-state index is 13.3. The summed E-state index contributed by atoms with van der Waals surface area (Å²) in [6, 6.07) is 8.51. The number of imidazole rings is 1. The molecule has 0 radical (unpaired) electrons. The minimum absolute atomic E-state index is 0.206. The Bertz CT molecular complexity index is 1070. The van der Waals surface area contributed by atoms with Gasteiger partial charge in [-0.2, -0.15) is 0 Å². The van der Waals surface area contributed by atoms with Crippen LogP contribution in [0, 0.1) is 5.92 Å². The number of pyridine rings is 1. The summed E-state index contributed by atoms with van der Waals surface area (Å²) >= 11 is 1.77. The van der Waals surface area contributed by atoms with Gasteiger partial charge in [-0.05, 0) is 36.9 Å². The molecule has 1 saturated heterocycles. The minimum atomic E-state index is 0.206. The van der Waals surface area contributed by atoms with Crippen LogP contribution < -0.4 is 5.56 Å².